The summed E-state index contributed by atoms with van der Waals surface area (Å²) in [6.45, 7) is 8.19. The number of pyridine rings is 1. The molecule has 0 amide bonds. The van der Waals surface area contributed by atoms with Crippen molar-refractivity contribution in [3.8, 4) is 11.3 Å². The van der Waals surface area contributed by atoms with Crippen molar-refractivity contribution in [2.75, 3.05) is 0 Å². The Morgan fingerprint density at radius 1 is 1.10 bits per heavy atom. The van der Waals surface area contributed by atoms with Crippen LogP contribution in [0.4, 0.5) is 0 Å². The maximum Gasteiger partial charge on any atom is 0.261 e. The monoisotopic (exact) mass is 283 g/mol. The smallest absolute Gasteiger partial charge is 0.261 e. The van der Waals surface area contributed by atoms with Gasteiger partial charge in [0.2, 0.25) is 0 Å². The highest BCUT2D eigenvalue weighted by atomic mass is 16.1. The van der Waals surface area contributed by atoms with Gasteiger partial charge in [0.25, 0.3) is 5.56 Å². The molecule has 3 heteroatoms. The van der Waals surface area contributed by atoms with Gasteiger partial charge in [-0.1, -0.05) is 43.7 Å². The Morgan fingerprint density at radius 2 is 1.71 bits per heavy atom. The fraction of sp³-hybridized carbons (Fsp3) is 0.333. The number of aromatic nitrogens is 1. The summed E-state index contributed by atoms with van der Waals surface area (Å²) in [4.78, 5) is 24.1. The number of carbonyl (C=O) groups excluding carboxylic acids is 1. The van der Waals surface area contributed by atoms with E-state index in [0.717, 1.165) is 11.3 Å². The Hall–Kier alpha value is -2.16. The Labute approximate surface area is 125 Å². The van der Waals surface area contributed by atoms with Crippen molar-refractivity contribution < 1.29 is 4.79 Å². The number of hydrogen-bond acceptors (Lipinski definition) is 2. The minimum atomic E-state index is -0.200. The van der Waals surface area contributed by atoms with Crippen molar-refractivity contribution in [3.63, 3.8) is 0 Å². The van der Waals surface area contributed by atoms with Crippen molar-refractivity contribution in [2.45, 2.75) is 34.2 Å². The van der Waals surface area contributed by atoms with Crippen molar-refractivity contribution in [2.24, 2.45) is 5.92 Å². The molecule has 0 bridgehead atoms. The van der Waals surface area contributed by atoms with Crippen molar-refractivity contribution in [1.29, 1.82) is 0 Å². The van der Waals surface area contributed by atoms with Crippen LogP contribution in [0.2, 0.25) is 0 Å². The largest absolute Gasteiger partial charge is 0.307 e. The maximum atomic E-state index is 12.5. The Morgan fingerprint density at radius 3 is 2.24 bits per heavy atom. The molecule has 0 saturated carbocycles. The van der Waals surface area contributed by atoms with E-state index in [1.807, 2.05) is 37.3 Å². The van der Waals surface area contributed by atoms with Crippen LogP contribution in [0.25, 0.3) is 11.3 Å². The SMILES string of the molecule is CC(=O)c1ccc(-c2ccc(C)cc2)n(CC(C)C)c1=O. The van der Waals surface area contributed by atoms with E-state index in [2.05, 4.69) is 13.8 Å². The highest BCUT2D eigenvalue weighted by Gasteiger charge is 2.14. The highest BCUT2D eigenvalue weighted by Crippen LogP contribution is 2.20. The molecule has 0 fully saturated rings. The van der Waals surface area contributed by atoms with Gasteiger partial charge in [-0.3, -0.25) is 9.59 Å². The lowest BCUT2D eigenvalue weighted by molar-refractivity contribution is 0.101. The molecule has 0 saturated heterocycles. The lowest BCUT2D eigenvalue weighted by atomic mass is 10.1. The lowest BCUT2D eigenvalue weighted by Crippen LogP contribution is -2.28. The molecular weight excluding hydrogens is 262 g/mol. The summed E-state index contributed by atoms with van der Waals surface area (Å²) in [5, 5.41) is 0. The van der Waals surface area contributed by atoms with Gasteiger partial charge >= 0.3 is 0 Å². The molecule has 2 rings (SSSR count). The molecule has 3 nitrogen and oxygen atoms in total. The molecule has 0 radical (unpaired) electrons. The third-order valence-corrected chi connectivity index (χ3v) is 3.45. The third-order valence-electron chi connectivity index (χ3n) is 3.45. The summed E-state index contributed by atoms with van der Waals surface area (Å²) in [5.74, 6) is 0.141. The lowest BCUT2D eigenvalue weighted by Gasteiger charge is -2.16. The second kappa shape index (κ2) is 6.08. The second-order valence-corrected chi connectivity index (χ2v) is 5.86. The van der Waals surface area contributed by atoms with Gasteiger partial charge in [0.05, 0.1) is 11.3 Å². The average molecular weight is 283 g/mol. The molecule has 1 heterocycles. The summed E-state index contributed by atoms with van der Waals surface area (Å²) < 4.78 is 1.71. The Bertz CT molecular complexity index is 709. The average Bonchev–Trinajstić information content (AvgIpc) is 2.41. The highest BCUT2D eigenvalue weighted by molar-refractivity contribution is 5.94. The van der Waals surface area contributed by atoms with Crippen molar-refractivity contribution >= 4 is 5.78 Å². The topological polar surface area (TPSA) is 39.1 Å². The molecule has 21 heavy (non-hydrogen) atoms. The third kappa shape index (κ3) is 3.30. The van der Waals surface area contributed by atoms with E-state index in [4.69, 9.17) is 0 Å². The van der Waals surface area contributed by atoms with Gasteiger partial charge in [0.15, 0.2) is 5.78 Å². The van der Waals surface area contributed by atoms with E-state index < -0.39 is 0 Å². The van der Waals surface area contributed by atoms with Gasteiger partial charge in [-0.05, 0) is 37.5 Å². The van der Waals surface area contributed by atoms with Gasteiger partial charge in [-0.15, -0.1) is 0 Å². The van der Waals surface area contributed by atoms with Crippen LogP contribution in [-0.2, 0) is 6.54 Å². The van der Waals surface area contributed by atoms with Crippen LogP contribution >= 0.6 is 0 Å². The zero-order valence-electron chi connectivity index (χ0n) is 13.0. The van der Waals surface area contributed by atoms with Crippen LogP contribution in [0.3, 0.4) is 0 Å². The van der Waals surface area contributed by atoms with Crippen molar-refractivity contribution in [1.82, 2.24) is 4.57 Å². The van der Waals surface area contributed by atoms with Gasteiger partial charge in [0.1, 0.15) is 0 Å². The predicted molar refractivity (Wildman–Crippen MR) is 85.7 cm³/mol. The summed E-state index contributed by atoms with van der Waals surface area (Å²) >= 11 is 0. The number of ketones is 1. The molecule has 0 aliphatic rings. The fourth-order valence-corrected chi connectivity index (χ4v) is 2.37. The van der Waals surface area contributed by atoms with E-state index in [9.17, 15) is 9.59 Å². The molecule has 1 aromatic carbocycles. The number of aryl methyl sites for hydroxylation is 1. The zero-order valence-corrected chi connectivity index (χ0v) is 13.0. The number of Topliss-reactive ketones (excluding diaryl/α,β-unsaturated/α-hetero) is 1. The normalized spacial score (nSPS) is 10.9. The Kier molecular flexibility index (Phi) is 4.41. The first-order valence-corrected chi connectivity index (χ1v) is 7.22. The number of carbonyl (C=O) groups is 1. The van der Waals surface area contributed by atoms with Gasteiger partial charge in [-0.25, -0.2) is 0 Å². The van der Waals surface area contributed by atoms with Crippen LogP contribution in [-0.4, -0.2) is 10.4 Å². The van der Waals surface area contributed by atoms with E-state index in [0.29, 0.717) is 12.5 Å². The van der Waals surface area contributed by atoms with E-state index >= 15 is 0 Å². The number of rotatable bonds is 4. The van der Waals surface area contributed by atoms with Crippen LogP contribution in [0.5, 0.6) is 0 Å². The minimum absolute atomic E-state index is 0.187. The van der Waals surface area contributed by atoms with Crippen LogP contribution in [0.15, 0.2) is 41.2 Å². The molecule has 0 spiro atoms. The van der Waals surface area contributed by atoms with Gasteiger partial charge in [-0.2, -0.15) is 0 Å². The summed E-state index contributed by atoms with van der Waals surface area (Å²) in [6, 6.07) is 11.6. The molecule has 0 atom stereocenters. The standard InChI is InChI=1S/C18H21NO2/c1-12(2)11-19-17(15-7-5-13(3)6-8-15)10-9-16(14(4)20)18(19)21/h5-10,12H,11H2,1-4H3. The number of benzene rings is 1. The molecule has 1 aromatic heterocycles. The summed E-state index contributed by atoms with van der Waals surface area (Å²) in [6.07, 6.45) is 0. The zero-order chi connectivity index (χ0) is 15.6. The fourth-order valence-electron chi connectivity index (χ4n) is 2.37. The molecular formula is C18H21NO2. The van der Waals surface area contributed by atoms with E-state index in [1.165, 1.54) is 12.5 Å². The Balaban J connectivity index is 2.65. The second-order valence-electron chi connectivity index (χ2n) is 5.86. The molecule has 0 unspecified atom stereocenters. The molecule has 0 aliphatic carbocycles. The van der Waals surface area contributed by atoms with Gasteiger partial charge in [0, 0.05) is 6.54 Å². The first-order valence-electron chi connectivity index (χ1n) is 7.22. The molecule has 110 valence electrons. The molecule has 0 aliphatic heterocycles. The van der Waals surface area contributed by atoms with Crippen LogP contribution < -0.4 is 5.56 Å². The van der Waals surface area contributed by atoms with E-state index in [-0.39, 0.29) is 16.9 Å². The van der Waals surface area contributed by atoms with Gasteiger partial charge < -0.3 is 4.57 Å². The quantitative estimate of drug-likeness (QED) is 0.803. The van der Waals surface area contributed by atoms with Crippen LogP contribution in [0, 0.1) is 12.8 Å². The molecule has 0 N–H and O–H groups in total. The maximum absolute atomic E-state index is 12.5. The van der Waals surface area contributed by atoms with Crippen molar-refractivity contribution in [3.05, 3.63) is 57.9 Å². The first-order chi connectivity index (χ1) is 9.90. The first kappa shape index (κ1) is 15.2. The predicted octanol–water partition coefficient (Wildman–Crippen LogP) is 3.68. The van der Waals surface area contributed by atoms with Crippen LogP contribution in [0.1, 0.15) is 36.7 Å². The number of hydrogen-bond donors (Lipinski definition) is 0. The summed E-state index contributed by atoms with van der Waals surface area (Å²) in [5.41, 5.74) is 3.09. The minimum Gasteiger partial charge on any atom is -0.307 e. The summed E-state index contributed by atoms with van der Waals surface area (Å²) in [7, 11) is 0. The van der Waals surface area contributed by atoms with E-state index in [1.54, 1.807) is 10.6 Å². The number of nitrogens with zero attached hydrogens (tertiary/aromatic N) is 1. The molecule has 2 aromatic rings.